The Bertz CT molecular complexity index is 374. The van der Waals surface area contributed by atoms with E-state index in [9.17, 15) is 0 Å². The van der Waals surface area contributed by atoms with E-state index in [2.05, 4.69) is 17.3 Å². The molecular weight excluding hydrogens is 255 g/mol. The van der Waals surface area contributed by atoms with Gasteiger partial charge in [-0.05, 0) is 57.1 Å². The number of likely N-dealkylation sites (tertiary alicyclic amines) is 1. The van der Waals surface area contributed by atoms with E-state index in [-0.39, 0.29) is 0 Å². The molecule has 1 N–H and O–H groups in total. The lowest BCUT2D eigenvalue weighted by Gasteiger charge is -2.29. The zero-order chi connectivity index (χ0) is 12.3. The highest BCUT2D eigenvalue weighted by Crippen LogP contribution is 2.26. The summed E-state index contributed by atoms with van der Waals surface area (Å²) < 4.78 is 0. The number of nitrogens with zero attached hydrogens (tertiary/aromatic N) is 1. The summed E-state index contributed by atoms with van der Waals surface area (Å²) in [5.41, 5.74) is 0.943. The van der Waals surface area contributed by atoms with E-state index >= 15 is 0 Å². The first kappa shape index (κ1) is 13.0. The zero-order valence-electron chi connectivity index (χ0n) is 10.0. The molecule has 0 bridgehead atoms. The molecule has 94 valence electrons. The van der Waals surface area contributed by atoms with Gasteiger partial charge in [-0.2, -0.15) is 0 Å². The molecule has 0 amide bonds. The lowest BCUT2D eigenvalue weighted by Crippen LogP contribution is -2.32. The van der Waals surface area contributed by atoms with E-state index in [4.69, 9.17) is 23.2 Å². The Morgan fingerprint density at radius 3 is 2.71 bits per heavy atom. The molecule has 4 heteroatoms. The SMILES string of the molecule is CN1CCC(CNc2cc(Cl)ccc2Cl)CC1. The molecule has 1 fully saturated rings. The number of rotatable bonds is 3. The molecule has 17 heavy (non-hydrogen) atoms. The van der Waals surface area contributed by atoms with Gasteiger partial charge in [-0.15, -0.1) is 0 Å². The molecule has 0 spiro atoms. The van der Waals surface area contributed by atoms with Crippen LogP contribution in [-0.4, -0.2) is 31.6 Å². The summed E-state index contributed by atoms with van der Waals surface area (Å²) in [6, 6.07) is 5.53. The van der Waals surface area contributed by atoms with E-state index in [1.807, 2.05) is 18.2 Å². The quantitative estimate of drug-likeness (QED) is 0.902. The molecule has 1 aromatic rings. The van der Waals surface area contributed by atoms with Gasteiger partial charge in [0, 0.05) is 11.6 Å². The summed E-state index contributed by atoms with van der Waals surface area (Å²) in [5.74, 6) is 0.737. The minimum Gasteiger partial charge on any atom is -0.384 e. The number of piperidine rings is 1. The second-order valence-corrected chi connectivity index (χ2v) is 5.60. The highest BCUT2D eigenvalue weighted by atomic mass is 35.5. The van der Waals surface area contributed by atoms with Gasteiger partial charge in [0.1, 0.15) is 0 Å². The molecule has 1 aliphatic heterocycles. The van der Waals surface area contributed by atoms with Crippen LogP contribution in [0.1, 0.15) is 12.8 Å². The lowest BCUT2D eigenvalue weighted by molar-refractivity contribution is 0.226. The molecule has 1 aromatic carbocycles. The number of hydrogen-bond acceptors (Lipinski definition) is 2. The normalized spacial score (nSPS) is 18.3. The van der Waals surface area contributed by atoms with E-state index < -0.39 is 0 Å². The van der Waals surface area contributed by atoms with Crippen LogP contribution in [-0.2, 0) is 0 Å². The fraction of sp³-hybridized carbons (Fsp3) is 0.538. The van der Waals surface area contributed by atoms with E-state index in [1.54, 1.807) is 0 Å². The van der Waals surface area contributed by atoms with Crippen molar-refractivity contribution in [2.24, 2.45) is 5.92 Å². The van der Waals surface area contributed by atoms with Gasteiger partial charge in [0.2, 0.25) is 0 Å². The fourth-order valence-electron chi connectivity index (χ4n) is 2.15. The largest absolute Gasteiger partial charge is 0.384 e. The van der Waals surface area contributed by atoms with Gasteiger partial charge in [-0.3, -0.25) is 0 Å². The lowest BCUT2D eigenvalue weighted by atomic mass is 9.97. The summed E-state index contributed by atoms with van der Waals surface area (Å²) in [5, 5.41) is 4.86. The van der Waals surface area contributed by atoms with Gasteiger partial charge in [0.05, 0.1) is 10.7 Å². The Kier molecular flexibility index (Phi) is 4.55. The second-order valence-electron chi connectivity index (χ2n) is 4.75. The van der Waals surface area contributed by atoms with Crippen LogP contribution in [0, 0.1) is 5.92 Å². The standard InChI is InChI=1S/C13H18Cl2N2/c1-17-6-4-10(5-7-17)9-16-13-8-11(14)2-3-12(13)15/h2-3,8,10,16H,4-7,9H2,1H3. The molecule has 1 aliphatic rings. The average Bonchev–Trinajstić information content (AvgIpc) is 2.32. The number of halogens is 2. The Labute approximate surface area is 113 Å². The molecule has 1 saturated heterocycles. The Hall–Kier alpha value is -0.440. The van der Waals surface area contributed by atoms with Crippen molar-refractivity contribution < 1.29 is 0 Å². The Morgan fingerprint density at radius 2 is 2.00 bits per heavy atom. The molecule has 0 radical (unpaired) electrons. The van der Waals surface area contributed by atoms with Crippen molar-refractivity contribution in [3.8, 4) is 0 Å². The maximum atomic E-state index is 6.11. The van der Waals surface area contributed by atoms with Gasteiger partial charge < -0.3 is 10.2 Å². The third-order valence-electron chi connectivity index (χ3n) is 3.35. The van der Waals surface area contributed by atoms with Crippen LogP contribution in [0.15, 0.2) is 18.2 Å². The molecule has 0 unspecified atom stereocenters. The smallest absolute Gasteiger partial charge is 0.0638 e. The molecule has 2 nitrogen and oxygen atoms in total. The minimum absolute atomic E-state index is 0.722. The van der Waals surface area contributed by atoms with Crippen LogP contribution in [0.2, 0.25) is 10.0 Å². The van der Waals surface area contributed by atoms with Gasteiger partial charge in [-0.25, -0.2) is 0 Å². The van der Waals surface area contributed by atoms with E-state index in [0.717, 1.165) is 28.2 Å². The van der Waals surface area contributed by atoms with Crippen LogP contribution in [0.5, 0.6) is 0 Å². The highest BCUT2D eigenvalue weighted by molar-refractivity contribution is 6.35. The number of benzene rings is 1. The third-order valence-corrected chi connectivity index (χ3v) is 3.91. The van der Waals surface area contributed by atoms with Crippen LogP contribution in [0.3, 0.4) is 0 Å². The Morgan fingerprint density at radius 1 is 1.29 bits per heavy atom. The molecule has 0 aliphatic carbocycles. The molecule has 0 aromatic heterocycles. The molecular formula is C13H18Cl2N2. The summed E-state index contributed by atoms with van der Waals surface area (Å²) in [6.45, 7) is 3.36. The Balaban J connectivity index is 1.87. The number of nitrogens with one attached hydrogen (secondary N) is 1. The monoisotopic (exact) mass is 272 g/mol. The molecule has 2 rings (SSSR count). The fourth-order valence-corrected chi connectivity index (χ4v) is 2.51. The van der Waals surface area contributed by atoms with Crippen molar-refractivity contribution in [1.29, 1.82) is 0 Å². The zero-order valence-corrected chi connectivity index (χ0v) is 11.6. The van der Waals surface area contributed by atoms with E-state index in [0.29, 0.717) is 0 Å². The first-order valence-corrected chi connectivity index (χ1v) is 6.78. The summed E-state index contributed by atoms with van der Waals surface area (Å²) in [6.07, 6.45) is 2.50. The van der Waals surface area contributed by atoms with Crippen LogP contribution in [0.25, 0.3) is 0 Å². The third kappa shape index (κ3) is 3.77. The predicted molar refractivity (Wildman–Crippen MR) is 75.2 cm³/mol. The molecule has 0 saturated carbocycles. The van der Waals surface area contributed by atoms with Crippen LogP contribution in [0.4, 0.5) is 5.69 Å². The second kappa shape index (κ2) is 5.94. The van der Waals surface area contributed by atoms with Crippen molar-refractivity contribution >= 4 is 28.9 Å². The summed E-state index contributed by atoms with van der Waals surface area (Å²) in [4.78, 5) is 2.38. The number of anilines is 1. The maximum Gasteiger partial charge on any atom is 0.0638 e. The average molecular weight is 273 g/mol. The van der Waals surface area contributed by atoms with E-state index in [1.165, 1.54) is 25.9 Å². The van der Waals surface area contributed by atoms with Crippen molar-refractivity contribution in [2.75, 3.05) is 32.0 Å². The predicted octanol–water partition coefficient (Wildman–Crippen LogP) is 3.75. The number of hydrogen-bond donors (Lipinski definition) is 1. The first-order chi connectivity index (χ1) is 8.15. The van der Waals surface area contributed by atoms with Gasteiger partial charge >= 0.3 is 0 Å². The molecule has 1 heterocycles. The van der Waals surface area contributed by atoms with Crippen LogP contribution >= 0.6 is 23.2 Å². The summed E-state index contributed by atoms with van der Waals surface area (Å²) >= 11 is 12.1. The van der Waals surface area contributed by atoms with Gasteiger partial charge in [0.15, 0.2) is 0 Å². The highest BCUT2D eigenvalue weighted by Gasteiger charge is 2.16. The van der Waals surface area contributed by atoms with Crippen molar-refractivity contribution in [3.63, 3.8) is 0 Å². The van der Waals surface area contributed by atoms with Gasteiger partial charge in [0.25, 0.3) is 0 Å². The topological polar surface area (TPSA) is 15.3 Å². The van der Waals surface area contributed by atoms with Crippen molar-refractivity contribution in [3.05, 3.63) is 28.2 Å². The minimum atomic E-state index is 0.722. The van der Waals surface area contributed by atoms with Gasteiger partial charge in [-0.1, -0.05) is 23.2 Å². The molecule has 0 atom stereocenters. The van der Waals surface area contributed by atoms with Crippen molar-refractivity contribution in [2.45, 2.75) is 12.8 Å². The maximum absolute atomic E-state index is 6.11. The summed E-state index contributed by atoms with van der Waals surface area (Å²) in [7, 11) is 2.18. The first-order valence-electron chi connectivity index (χ1n) is 6.02. The van der Waals surface area contributed by atoms with Crippen molar-refractivity contribution in [1.82, 2.24) is 4.90 Å². The van der Waals surface area contributed by atoms with Crippen LogP contribution < -0.4 is 5.32 Å².